The van der Waals surface area contributed by atoms with Crippen LogP contribution in [-0.4, -0.2) is 11.8 Å². The van der Waals surface area contributed by atoms with Crippen molar-refractivity contribution in [2.45, 2.75) is 20.4 Å². The summed E-state index contributed by atoms with van der Waals surface area (Å²) in [7, 11) is 0. The highest BCUT2D eigenvalue weighted by molar-refractivity contribution is 6.10. The number of rotatable bonds is 3. The van der Waals surface area contributed by atoms with Crippen LogP contribution < -0.4 is 10.2 Å². The van der Waals surface area contributed by atoms with E-state index in [0.29, 0.717) is 12.1 Å². The van der Waals surface area contributed by atoms with Crippen LogP contribution in [0.4, 0.5) is 11.4 Å². The summed E-state index contributed by atoms with van der Waals surface area (Å²) in [4.78, 5) is 26.9. The Morgan fingerprint density at radius 3 is 2.52 bits per heavy atom. The molecule has 27 heavy (non-hydrogen) atoms. The Labute approximate surface area is 158 Å². The zero-order chi connectivity index (χ0) is 19.0. The Bertz CT molecular complexity index is 1060. The minimum absolute atomic E-state index is 0.0153. The van der Waals surface area contributed by atoms with Gasteiger partial charge in [-0.25, -0.2) is 0 Å². The lowest BCUT2D eigenvalue weighted by Crippen LogP contribution is -2.23. The van der Waals surface area contributed by atoms with Crippen LogP contribution >= 0.6 is 0 Å². The minimum atomic E-state index is -0.140. The van der Waals surface area contributed by atoms with Gasteiger partial charge in [-0.15, -0.1) is 0 Å². The standard InChI is InChI=1S/C23H20N2O2/c1-15-6-5-8-17(12-15)22(26)24-21-11-10-19(13-16(21)2)25-14-18-7-3-4-9-20(18)23(25)27/h3-13H,14H2,1-2H3,(H,24,26). The van der Waals surface area contributed by atoms with Gasteiger partial charge < -0.3 is 10.2 Å². The number of hydrogen-bond acceptors (Lipinski definition) is 2. The molecular weight excluding hydrogens is 336 g/mol. The maximum absolute atomic E-state index is 12.6. The molecular formula is C23H20N2O2. The first kappa shape index (κ1) is 17.0. The second kappa shape index (κ2) is 6.72. The predicted molar refractivity (Wildman–Crippen MR) is 107 cm³/mol. The average Bonchev–Trinajstić information content (AvgIpc) is 3.00. The number of hydrogen-bond donors (Lipinski definition) is 1. The van der Waals surface area contributed by atoms with E-state index in [1.807, 2.05) is 74.5 Å². The lowest BCUT2D eigenvalue weighted by Gasteiger charge is -2.18. The molecule has 2 amide bonds. The van der Waals surface area contributed by atoms with Crippen molar-refractivity contribution >= 4 is 23.2 Å². The van der Waals surface area contributed by atoms with E-state index >= 15 is 0 Å². The van der Waals surface area contributed by atoms with Crippen molar-refractivity contribution in [3.05, 3.63) is 94.5 Å². The fourth-order valence-electron chi connectivity index (χ4n) is 3.40. The van der Waals surface area contributed by atoms with E-state index in [1.165, 1.54) is 0 Å². The quantitative estimate of drug-likeness (QED) is 0.738. The van der Waals surface area contributed by atoms with Crippen LogP contribution in [0.5, 0.6) is 0 Å². The number of nitrogens with one attached hydrogen (secondary N) is 1. The molecule has 0 unspecified atom stereocenters. The van der Waals surface area contributed by atoms with Crippen molar-refractivity contribution in [2.24, 2.45) is 0 Å². The van der Waals surface area contributed by atoms with Crippen molar-refractivity contribution in [1.29, 1.82) is 0 Å². The number of benzene rings is 3. The zero-order valence-corrected chi connectivity index (χ0v) is 15.3. The van der Waals surface area contributed by atoms with Crippen molar-refractivity contribution in [2.75, 3.05) is 10.2 Å². The third-order valence-corrected chi connectivity index (χ3v) is 4.87. The van der Waals surface area contributed by atoms with Crippen LogP contribution in [0.1, 0.15) is 37.4 Å². The summed E-state index contributed by atoms with van der Waals surface area (Å²) in [5.74, 6) is -0.124. The summed E-state index contributed by atoms with van der Waals surface area (Å²) in [6.07, 6.45) is 0. The Morgan fingerprint density at radius 2 is 1.78 bits per heavy atom. The number of fused-ring (bicyclic) bond motifs is 1. The maximum Gasteiger partial charge on any atom is 0.258 e. The average molecular weight is 356 g/mol. The maximum atomic E-state index is 12.6. The van der Waals surface area contributed by atoms with Crippen molar-refractivity contribution in [3.63, 3.8) is 0 Å². The summed E-state index contributed by atoms with van der Waals surface area (Å²) in [6, 6.07) is 20.8. The number of aryl methyl sites for hydroxylation is 2. The Morgan fingerprint density at radius 1 is 0.963 bits per heavy atom. The van der Waals surface area contributed by atoms with Crippen molar-refractivity contribution in [1.82, 2.24) is 0 Å². The highest BCUT2D eigenvalue weighted by atomic mass is 16.2. The first-order valence-electron chi connectivity index (χ1n) is 8.91. The molecule has 0 bridgehead atoms. The van der Waals surface area contributed by atoms with Gasteiger partial charge in [-0.3, -0.25) is 9.59 Å². The first-order chi connectivity index (χ1) is 13.0. The molecule has 3 aromatic carbocycles. The van der Waals surface area contributed by atoms with E-state index in [9.17, 15) is 9.59 Å². The van der Waals surface area contributed by atoms with Gasteiger partial charge in [0.05, 0.1) is 6.54 Å². The normalized spacial score (nSPS) is 12.8. The molecule has 4 heteroatoms. The van der Waals surface area contributed by atoms with Gasteiger partial charge >= 0.3 is 0 Å². The molecule has 0 aliphatic carbocycles. The molecule has 1 heterocycles. The van der Waals surface area contributed by atoms with Crippen LogP contribution in [0, 0.1) is 13.8 Å². The molecule has 0 radical (unpaired) electrons. The van der Waals surface area contributed by atoms with E-state index < -0.39 is 0 Å². The van der Waals surface area contributed by atoms with Crippen molar-refractivity contribution < 1.29 is 9.59 Å². The van der Waals surface area contributed by atoms with Gasteiger partial charge in [-0.2, -0.15) is 0 Å². The smallest absolute Gasteiger partial charge is 0.258 e. The fraction of sp³-hybridized carbons (Fsp3) is 0.130. The highest BCUT2D eigenvalue weighted by Crippen LogP contribution is 2.30. The summed E-state index contributed by atoms with van der Waals surface area (Å²) in [6.45, 7) is 4.47. The number of carbonyl (C=O) groups excluding carboxylic acids is 2. The van der Waals surface area contributed by atoms with Gasteiger partial charge in [0.25, 0.3) is 11.8 Å². The monoisotopic (exact) mass is 356 g/mol. The molecule has 1 aliphatic rings. The van der Waals surface area contributed by atoms with Gasteiger partial charge in [0.2, 0.25) is 0 Å². The lowest BCUT2D eigenvalue weighted by molar-refractivity contribution is 0.0994. The van der Waals surface area contributed by atoms with Gasteiger partial charge in [0.1, 0.15) is 0 Å². The molecule has 0 fully saturated rings. The molecule has 0 atom stereocenters. The summed E-state index contributed by atoms with van der Waals surface area (Å²) in [5, 5.41) is 2.96. The lowest BCUT2D eigenvalue weighted by atomic mass is 10.1. The van der Waals surface area contributed by atoms with Gasteiger partial charge in [0.15, 0.2) is 0 Å². The molecule has 0 spiro atoms. The number of carbonyl (C=O) groups is 2. The van der Waals surface area contributed by atoms with E-state index in [4.69, 9.17) is 0 Å². The number of nitrogens with zero attached hydrogens (tertiary/aromatic N) is 1. The molecule has 4 nitrogen and oxygen atoms in total. The van der Waals surface area contributed by atoms with Crippen LogP contribution in [-0.2, 0) is 6.54 Å². The molecule has 0 saturated carbocycles. The fourth-order valence-corrected chi connectivity index (χ4v) is 3.40. The molecule has 1 aliphatic heterocycles. The Kier molecular flexibility index (Phi) is 4.24. The van der Waals surface area contributed by atoms with Crippen molar-refractivity contribution in [3.8, 4) is 0 Å². The van der Waals surface area contributed by atoms with Crippen LogP contribution in [0.2, 0.25) is 0 Å². The summed E-state index contributed by atoms with van der Waals surface area (Å²) >= 11 is 0. The number of anilines is 2. The number of amides is 2. The zero-order valence-electron chi connectivity index (χ0n) is 15.3. The van der Waals surface area contributed by atoms with Gasteiger partial charge in [-0.05, 0) is 61.4 Å². The van der Waals surface area contributed by atoms with Crippen LogP contribution in [0.15, 0.2) is 66.7 Å². The molecule has 1 N–H and O–H groups in total. The minimum Gasteiger partial charge on any atom is -0.322 e. The molecule has 3 aromatic rings. The highest BCUT2D eigenvalue weighted by Gasteiger charge is 2.28. The van der Waals surface area contributed by atoms with Gasteiger partial charge in [0, 0.05) is 22.5 Å². The first-order valence-corrected chi connectivity index (χ1v) is 8.91. The third kappa shape index (κ3) is 3.22. The van der Waals surface area contributed by atoms with Crippen LogP contribution in [0.3, 0.4) is 0 Å². The molecule has 134 valence electrons. The third-order valence-electron chi connectivity index (χ3n) is 4.87. The second-order valence-corrected chi connectivity index (χ2v) is 6.87. The van der Waals surface area contributed by atoms with Crippen LogP contribution in [0.25, 0.3) is 0 Å². The predicted octanol–water partition coefficient (Wildman–Crippen LogP) is 4.72. The summed E-state index contributed by atoms with van der Waals surface area (Å²) < 4.78 is 0. The molecule has 4 rings (SSSR count). The topological polar surface area (TPSA) is 49.4 Å². The summed E-state index contributed by atoms with van der Waals surface area (Å²) in [5.41, 5.74) is 5.96. The SMILES string of the molecule is Cc1cccc(C(=O)Nc2ccc(N3Cc4ccccc4C3=O)cc2C)c1. The van der Waals surface area contributed by atoms with E-state index in [1.54, 1.807) is 11.0 Å². The Balaban J connectivity index is 1.55. The molecule has 0 saturated heterocycles. The second-order valence-electron chi connectivity index (χ2n) is 6.87. The van der Waals surface area contributed by atoms with Gasteiger partial charge in [-0.1, -0.05) is 35.9 Å². The Hall–Kier alpha value is -3.40. The largest absolute Gasteiger partial charge is 0.322 e. The van der Waals surface area contributed by atoms with E-state index in [2.05, 4.69) is 5.32 Å². The van der Waals surface area contributed by atoms with E-state index in [-0.39, 0.29) is 11.8 Å². The van der Waals surface area contributed by atoms with E-state index in [0.717, 1.165) is 33.6 Å². The molecule has 0 aromatic heterocycles.